The Balaban J connectivity index is 1.73. The van der Waals surface area contributed by atoms with Gasteiger partial charge in [0.1, 0.15) is 0 Å². The lowest BCUT2D eigenvalue weighted by Crippen LogP contribution is -2.45. The number of nitrogens with one attached hydrogen (secondary N) is 2. The molecule has 0 aromatic heterocycles. The molecule has 6 heteroatoms. The van der Waals surface area contributed by atoms with Crippen LogP contribution in [0.4, 0.5) is 0 Å². The number of amides is 1. The van der Waals surface area contributed by atoms with E-state index >= 15 is 0 Å². The molecule has 1 aliphatic carbocycles. The van der Waals surface area contributed by atoms with Crippen LogP contribution in [0.5, 0.6) is 0 Å². The van der Waals surface area contributed by atoms with E-state index < -0.39 is 16.1 Å². The summed E-state index contributed by atoms with van der Waals surface area (Å²) in [5.41, 5.74) is 1.40. The molecule has 23 heavy (non-hydrogen) atoms. The van der Waals surface area contributed by atoms with Crippen LogP contribution in [0.25, 0.3) is 0 Å². The highest BCUT2D eigenvalue weighted by Crippen LogP contribution is 2.35. The molecule has 5 nitrogen and oxygen atoms in total. The molecule has 0 unspecified atom stereocenters. The summed E-state index contributed by atoms with van der Waals surface area (Å²) in [5.74, 6) is 0.832. The molecule has 0 aliphatic heterocycles. The van der Waals surface area contributed by atoms with Crippen LogP contribution in [-0.2, 0) is 14.8 Å². The predicted octanol–water partition coefficient (Wildman–Crippen LogP) is 2.01. The van der Waals surface area contributed by atoms with E-state index in [2.05, 4.69) is 34.3 Å². The molecule has 1 aliphatic rings. The van der Waals surface area contributed by atoms with Crippen LogP contribution in [0.2, 0.25) is 0 Å². The van der Waals surface area contributed by atoms with E-state index in [1.54, 1.807) is 6.92 Å². The number of carbonyl (C=O) groups is 1. The normalized spacial score (nSPS) is 23.2. The highest BCUT2D eigenvalue weighted by Gasteiger charge is 2.23. The SMILES string of the molecule is C[C@@H](NS(C)(=O)=O)C(=O)NCC1CCC(c2ccccc2)CC1. The van der Waals surface area contributed by atoms with Crippen LogP contribution >= 0.6 is 0 Å². The Labute approximate surface area is 138 Å². The van der Waals surface area contributed by atoms with Gasteiger partial charge >= 0.3 is 0 Å². The third-order valence-electron chi connectivity index (χ3n) is 4.47. The maximum Gasteiger partial charge on any atom is 0.237 e. The van der Waals surface area contributed by atoms with Crippen LogP contribution in [0.1, 0.15) is 44.1 Å². The molecule has 128 valence electrons. The van der Waals surface area contributed by atoms with Gasteiger partial charge in [0, 0.05) is 6.54 Å². The van der Waals surface area contributed by atoms with Crippen molar-refractivity contribution in [2.75, 3.05) is 12.8 Å². The summed E-state index contributed by atoms with van der Waals surface area (Å²) in [6.07, 6.45) is 5.52. The smallest absolute Gasteiger partial charge is 0.237 e. The minimum absolute atomic E-state index is 0.263. The van der Waals surface area contributed by atoms with Gasteiger partial charge in [-0.25, -0.2) is 13.1 Å². The molecule has 1 saturated carbocycles. The zero-order valence-corrected chi connectivity index (χ0v) is 14.6. The summed E-state index contributed by atoms with van der Waals surface area (Å²) in [4.78, 5) is 11.9. The molecular weight excluding hydrogens is 312 g/mol. The van der Waals surface area contributed by atoms with Crippen molar-refractivity contribution in [1.82, 2.24) is 10.0 Å². The molecule has 0 saturated heterocycles. The van der Waals surface area contributed by atoms with E-state index in [0.29, 0.717) is 18.4 Å². The van der Waals surface area contributed by atoms with Crippen LogP contribution in [-0.4, -0.2) is 33.2 Å². The van der Waals surface area contributed by atoms with E-state index in [1.165, 1.54) is 5.56 Å². The fraction of sp³-hybridized carbons (Fsp3) is 0.588. The van der Waals surface area contributed by atoms with Crippen LogP contribution in [0.15, 0.2) is 30.3 Å². The van der Waals surface area contributed by atoms with Gasteiger partial charge in [0.15, 0.2) is 0 Å². The lowest BCUT2D eigenvalue weighted by atomic mass is 9.79. The van der Waals surface area contributed by atoms with Crippen molar-refractivity contribution in [3.63, 3.8) is 0 Å². The van der Waals surface area contributed by atoms with Gasteiger partial charge in [-0.1, -0.05) is 30.3 Å². The maximum absolute atomic E-state index is 11.9. The number of sulfonamides is 1. The molecule has 0 heterocycles. The summed E-state index contributed by atoms with van der Waals surface area (Å²) in [7, 11) is -3.36. The topological polar surface area (TPSA) is 75.3 Å². The molecule has 0 spiro atoms. The zero-order chi connectivity index (χ0) is 16.9. The van der Waals surface area contributed by atoms with Crippen molar-refractivity contribution in [2.45, 2.75) is 44.6 Å². The van der Waals surface area contributed by atoms with Gasteiger partial charge in [0.25, 0.3) is 0 Å². The van der Waals surface area contributed by atoms with Gasteiger partial charge in [0.2, 0.25) is 15.9 Å². The summed E-state index contributed by atoms with van der Waals surface area (Å²) in [5, 5.41) is 2.86. The van der Waals surface area contributed by atoms with Crippen molar-refractivity contribution in [2.24, 2.45) is 5.92 Å². The molecule has 0 bridgehead atoms. The fourth-order valence-corrected chi connectivity index (χ4v) is 3.95. The molecular formula is C17H26N2O3S. The summed E-state index contributed by atoms with van der Waals surface area (Å²) < 4.78 is 24.6. The zero-order valence-electron chi connectivity index (χ0n) is 13.8. The van der Waals surface area contributed by atoms with Crippen molar-refractivity contribution < 1.29 is 13.2 Å². The van der Waals surface area contributed by atoms with Crippen LogP contribution in [0.3, 0.4) is 0 Å². The van der Waals surface area contributed by atoms with Crippen LogP contribution in [0, 0.1) is 5.92 Å². The lowest BCUT2D eigenvalue weighted by molar-refractivity contribution is -0.122. The number of rotatable bonds is 6. The van der Waals surface area contributed by atoms with E-state index in [9.17, 15) is 13.2 Å². The number of benzene rings is 1. The van der Waals surface area contributed by atoms with E-state index in [4.69, 9.17) is 0 Å². The Morgan fingerprint density at radius 2 is 1.78 bits per heavy atom. The Bertz CT molecular complexity index is 608. The standard InChI is InChI=1S/C17H26N2O3S/c1-13(19-23(2,21)22)17(20)18-12-14-8-10-16(11-9-14)15-6-4-3-5-7-15/h3-7,13-14,16,19H,8-12H2,1-2H3,(H,18,20)/t13-,14?,16?/m1/s1. The quantitative estimate of drug-likeness (QED) is 0.833. The number of carbonyl (C=O) groups excluding carboxylic acids is 1. The second kappa shape index (κ2) is 7.93. The molecule has 1 aromatic carbocycles. The lowest BCUT2D eigenvalue weighted by Gasteiger charge is -2.29. The monoisotopic (exact) mass is 338 g/mol. The summed E-state index contributed by atoms with van der Waals surface area (Å²) in [6, 6.07) is 9.84. The Morgan fingerprint density at radius 1 is 1.17 bits per heavy atom. The van der Waals surface area contributed by atoms with Gasteiger partial charge in [-0.2, -0.15) is 0 Å². The van der Waals surface area contributed by atoms with Gasteiger partial charge < -0.3 is 5.32 Å². The summed E-state index contributed by atoms with van der Waals surface area (Å²) >= 11 is 0. The first kappa shape index (κ1) is 17.9. The summed E-state index contributed by atoms with van der Waals surface area (Å²) in [6.45, 7) is 2.18. The third kappa shape index (κ3) is 5.95. The average Bonchev–Trinajstić information content (AvgIpc) is 2.52. The fourth-order valence-electron chi connectivity index (χ4n) is 3.20. The molecule has 0 radical (unpaired) electrons. The van der Waals surface area contributed by atoms with E-state index in [-0.39, 0.29) is 5.91 Å². The van der Waals surface area contributed by atoms with Gasteiger partial charge in [-0.3, -0.25) is 4.79 Å². The molecule has 1 fully saturated rings. The minimum Gasteiger partial charge on any atom is -0.354 e. The average molecular weight is 338 g/mol. The van der Waals surface area contributed by atoms with Gasteiger partial charge in [0.05, 0.1) is 12.3 Å². The molecule has 1 atom stereocenters. The predicted molar refractivity (Wildman–Crippen MR) is 91.6 cm³/mol. The Hall–Kier alpha value is -1.40. The number of hydrogen-bond donors (Lipinski definition) is 2. The van der Waals surface area contributed by atoms with E-state index in [1.807, 2.05) is 6.07 Å². The highest BCUT2D eigenvalue weighted by atomic mass is 32.2. The second-order valence-electron chi connectivity index (χ2n) is 6.49. The second-order valence-corrected chi connectivity index (χ2v) is 8.27. The molecule has 2 N–H and O–H groups in total. The maximum atomic E-state index is 11.9. The molecule has 2 rings (SSSR count). The first-order valence-corrected chi connectivity index (χ1v) is 10.0. The highest BCUT2D eigenvalue weighted by molar-refractivity contribution is 7.88. The van der Waals surface area contributed by atoms with Crippen molar-refractivity contribution in [3.05, 3.63) is 35.9 Å². The van der Waals surface area contributed by atoms with Crippen molar-refractivity contribution in [3.8, 4) is 0 Å². The Kier molecular flexibility index (Phi) is 6.18. The van der Waals surface area contributed by atoms with Crippen molar-refractivity contribution >= 4 is 15.9 Å². The van der Waals surface area contributed by atoms with Crippen molar-refractivity contribution in [1.29, 1.82) is 0 Å². The minimum atomic E-state index is -3.36. The van der Waals surface area contributed by atoms with Gasteiger partial charge in [-0.15, -0.1) is 0 Å². The molecule has 1 aromatic rings. The third-order valence-corrected chi connectivity index (χ3v) is 5.25. The first-order valence-electron chi connectivity index (χ1n) is 8.15. The number of hydrogen-bond acceptors (Lipinski definition) is 3. The largest absolute Gasteiger partial charge is 0.354 e. The molecule has 1 amide bonds. The first-order chi connectivity index (χ1) is 10.8. The van der Waals surface area contributed by atoms with E-state index in [0.717, 1.165) is 31.9 Å². The van der Waals surface area contributed by atoms with Crippen LogP contribution < -0.4 is 10.0 Å². The Morgan fingerprint density at radius 3 is 2.35 bits per heavy atom. The van der Waals surface area contributed by atoms with Gasteiger partial charge in [-0.05, 0) is 50.0 Å².